The summed E-state index contributed by atoms with van der Waals surface area (Å²) in [5.41, 5.74) is 5.52. The van der Waals surface area contributed by atoms with Gasteiger partial charge in [-0.1, -0.05) is 5.16 Å². The maximum absolute atomic E-state index is 11.7. The Labute approximate surface area is 116 Å². The molecule has 2 aliphatic rings. The highest BCUT2D eigenvalue weighted by Crippen LogP contribution is 2.33. The molecule has 0 unspecified atom stereocenters. The van der Waals surface area contributed by atoms with E-state index in [4.69, 9.17) is 15.0 Å². The number of methoxy groups -OCH3 is 1. The molecular formula is C12H19N5O3. The molecule has 2 saturated heterocycles. The SMILES string of the molecule is COCc1noc([C@@H]2CN(C3CNC3)C[C@H]2C(N)=O)n1. The Kier molecular flexibility index (Phi) is 3.68. The molecule has 1 amide bonds. The van der Waals surface area contributed by atoms with Crippen LogP contribution < -0.4 is 11.1 Å². The zero-order valence-corrected chi connectivity index (χ0v) is 11.4. The van der Waals surface area contributed by atoms with Gasteiger partial charge in [0, 0.05) is 39.3 Å². The van der Waals surface area contributed by atoms with Crippen LogP contribution >= 0.6 is 0 Å². The van der Waals surface area contributed by atoms with E-state index in [1.54, 1.807) is 7.11 Å². The summed E-state index contributed by atoms with van der Waals surface area (Å²) in [5.74, 6) is 0.277. The molecule has 0 bridgehead atoms. The molecule has 20 heavy (non-hydrogen) atoms. The van der Waals surface area contributed by atoms with Crippen molar-refractivity contribution in [2.45, 2.75) is 18.6 Å². The van der Waals surface area contributed by atoms with E-state index in [9.17, 15) is 4.79 Å². The molecule has 0 saturated carbocycles. The molecule has 0 radical (unpaired) electrons. The molecule has 8 heteroatoms. The number of hydrogen-bond acceptors (Lipinski definition) is 7. The lowest BCUT2D eigenvalue weighted by atomic mass is 9.95. The van der Waals surface area contributed by atoms with E-state index < -0.39 is 0 Å². The van der Waals surface area contributed by atoms with Gasteiger partial charge in [0.15, 0.2) is 5.82 Å². The average Bonchev–Trinajstić information content (AvgIpc) is 2.93. The fourth-order valence-corrected chi connectivity index (χ4v) is 2.81. The van der Waals surface area contributed by atoms with Crippen molar-refractivity contribution in [1.82, 2.24) is 20.4 Å². The number of carbonyl (C=O) groups is 1. The Morgan fingerprint density at radius 2 is 2.35 bits per heavy atom. The number of ether oxygens (including phenoxy) is 1. The van der Waals surface area contributed by atoms with Crippen molar-refractivity contribution in [3.63, 3.8) is 0 Å². The lowest BCUT2D eigenvalue weighted by Gasteiger charge is -2.35. The highest BCUT2D eigenvalue weighted by Gasteiger charge is 2.43. The first-order valence-electron chi connectivity index (χ1n) is 6.74. The first-order valence-corrected chi connectivity index (χ1v) is 6.74. The second-order valence-corrected chi connectivity index (χ2v) is 5.36. The number of nitrogens with zero attached hydrogens (tertiary/aromatic N) is 3. The third kappa shape index (κ3) is 2.41. The number of nitrogens with two attached hydrogens (primary N) is 1. The molecule has 1 aromatic rings. The van der Waals surface area contributed by atoms with Gasteiger partial charge in [-0.15, -0.1) is 0 Å². The maximum atomic E-state index is 11.7. The molecule has 8 nitrogen and oxygen atoms in total. The van der Waals surface area contributed by atoms with E-state index in [1.807, 2.05) is 0 Å². The van der Waals surface area contributed by atoms with Gasteiger partial charge in [0.25, 0.3) is 0 Å². The van der Waals surface area contributed by atoms with Crippen LogP contribution in [0.4, 0.5) is 0 Å². The minimum Gasteiger partial charge on any atom is -0.377 e. The number of likely N-dealkylation sites (tertiary alicyclic amines) is 1. The Morgan fingerprint density at radius 1 is 1.55 bits per heavy atom. The molecule has 0 spiro atoms. The molecule has 2 fully saturated rings. The highest BCUT2D eigenvalue weighted by molar-refractivity contribution is 5.78. The van der Waals surface area contributed by atoms with E-state index in [1.165, 1.54) is 0 Å². The van der Waals surface area contributed by atoms with E-state index in [0.717, 1.165) is 19.6 Å². The largest absolute Gasteiger partial charge is 0.377 e. The van der Waals surface area contributed by atoms with Gasteiger partial charge in [-0.05, 0) is 0 Å². The van der Waals surface area contributed by atoms with Crippen molar-refractivity contribution < 1.29 is 14.1 Å². The van der Waals surface area contributed by atoms with Crippen LogP contribution in [0.2, 0.25) is 0 Å². The second-order valence-electron chi connectivity index (χ2n) is 5.36. The monoisotopic (exact) mass is 281 g/mol. The number of aromatic nitrogens is 2. The Balaban J connectivity index is 1.75. The van der Waals surface area contributed by atoms with E-state index >= 15 is 0 Å². The first kappa shape index (κ1) is 13.5. The van der Waals surface area contributed by atoms with Gasteiger partial charge in [-0.3, -0.25) is 9.69 Å². The van der Waals surface area contributed by atoms with Crippen molar-refractivity contribution in [3.8, 4) is 0 Å². The highest BCUT2D eigenvalue weighted by atomic mass is 16.5. The number of nitrogens with one attached hydrogen (secondary N) is 1. The molecule has 110 valence electrons. The van der Waals surface area contributed by atoms with Gasteiger partial charge in [-0.25, -0.2) is 0 Å². The molecule has 3 N–H and O–H groups in total. The molecule has 3 heterocycles. The third-order valence-corrected chi connectivity index (χ3v) is 4.06. The van der Waals surface area contributed by atoms with Crippen molar-refractivity contribution in [3.05, 3.63) is 11.7 Å². The van der Waals surface area contributed by atoms with Crippen LogP contribution in [0, 0.1) is 5.92 Å². The van der Waals surface area contributed by atoms with E-state index in [-0.39, 0.29) is 17.7 Å². The summed E-state index contributed by atoms with van der Waals surface area (Å²) in [4.78, 5) is 18.2. The van der Waals surface area contributed by atoms with Crippen LogP contribution in [-0.4, -0.2) is 60.3 Å². The normalized spacial score (nSPS) is 27.6. The lowest BCUT2D eigenvalue weighted by Crippen LogP contribution is -2.56. The van der Waals surface area contributed by atoms with Crippen LogP contribution in [-0.2, 0) is 16.1 Å². The van der Waals surface area contributed by atoms with Gasteiger partial charge < -0.3 is 20.3 Å². The number of hydrogen-bond donors (Lipinski definition) is 2. The average molecular weight is 281 g/mol. The predicted octanol–water partition coefficient (Wildman–Crippen LogP) is -1.31. The van der Waals surface area contributed by atoms with E-state index in [0.29, 0.717) is 30.9 Å². The summed E-state index contributed by atoms with van der Waals surface area (Å²) in [5, 5.41) is 7.09. The van der Waals surface area contributed by atoms with Gasteiger partial charge in [0.1, 0.15) is 6.61 Å². The molecular weight excluding hydrogens is 262 g/mol. The number of amides is 1. The predicted molar refractivity (Wildman–Crippen MR) is 68.7 cm³/mol. The van der Waals surface area contributed by atoms with Crippen molar-refractivity contribution >= 4 is 5.91 Å². The van der Waals surface area contributed by atoms with Crippen molar-refractivity contribution in [1.29, 1.82) is 0 Å². The smallest absolute Gasteiger partial charge is 0.231 e. The molecule has 2 aliphatic heterocycles. The molecule has 0 aromatic carbocycles. The van der Waals surface area contributed by atoms with Gasteiger partial charge in [-0.2, -0.15) is 4.98 Å². The summed E-state index contributed by atoms with van der Waals surface area (Å²) in [6, 6.07) is 0.475. The second kappa shape index (κ2) is 5.47. The summed E-state index contributed by atoms with van der Waals surface area (Å²) >= 11 is 0. The zero-order chi connectivity index (χ0) is 14.1. The molecule has 2 atom stereocenters. The van der Waals surface area contributed by atoms with Crippen LogP contribution in [0.25, 0.3) is 0 Å². The standard InChI is InChI=1S/C12H19N5O3/c1-19-6-10-15-12(20-16-10)9-5-17(7-2-14-3-7)4-8(9)11(13)18/h7-9,14H,2-6H2,1H3,(H2,13,18)/t8-,9-/m1/s1. The quantitative estimate of drug-likeness (QED) is 0.690. The van der Waals surface area contributed by atoms with Gasteiger partial charge >= 0.3 is 0 Å². The Hall–Kier alpha value is -1.51. The summed E-state index contributed by atoms with van der Waals surface area (Å²) in [6.07, 6.45) is 0. The summed E-state index contributed by atoms with van der Waals surface area (Å²) in [7, 11) is 1.57. The fraction of sp³-hybridized carbons (Fsp3) is 0.750. The Bertz CT molecular complexity index is 487. The van der Waals surface area contributed by atoms with Crippen LogP contribution in [0.15, 0.2) is 4.52 Å². The molecule has 0 aliphatic carbocycles. The van der Waals surface area contributed by atoms with Crippen molar-refractivity contribution in [2.24, 2.45) is 11.7 Å². The topological polar surface area (TPSA) is 107 Å². The fourth-order valence-electron chi connectivity index (χ4n) is 2.81. The number of primary amides is 1. The number of carbonyl (C=O) groups excluding carboxylic acids is 1. The zero-order valence-electron chi connectivity index (χ0n) is 11.4. The lowest BCUT2D eigenvalue weighted by molar-refractivity contribution is -0.122. The minimum atomic E-state index is -0.309. The van der Waals surface area contributed by atoms with Crippen LogP contribution in [0.5, 0.6) is 0 Å². The summed E-state index contributed by atoms with van der Waals surface area (Å²) in [6.45, 7) is 3.60. The van der Waals surface area contributed by atoms with Crippen LogP contribution in [0.3, 0.4) is 0 Å². The van der Waals surface area contributed by atoms with Crippen molar-refractivity contribution in [2.75, 3.05) is 33.3 Å². The minimum absolute atomic E-state index is 0.119. The summed E-state index contributed by atoms with van der Waals surface area (Å²) < 4.78 is 10.2. The Morgan fingerprint density at radius 3 is 2.95 bits per heavy atom. The first-order chi connectivity index (χ1) is 9.69. The third-order valence-electron chi connectivity index (χ3n) is 4.06. The number of rotatable bonds is 5. The van der Waals surface area contributed by atoms with Gasteiger partial charge in [0.05, 0.1) is 11.8 Å². The van der Waals surface area contributed by atoms with Gasteiger partial charge in [0.2, 0.25) is 11.8 Å². The van der Waals surface area contributed by atoms with Crippen LogP contribution in [0.1, 0.15) is 17.6 Å². The van der Waals surface area contributed by atoms with E-state index in [2.05, 4.69) is 20.4 Å². The molecule has 1 aromatic heterocycles. The molecule has 3 rings (SSSR count). The maximum Gasteiger partial charge on any atom is 0.231 e.